The molecular formula is C28H59O13PV. The van der Waals surface area contributed by atoms with Crippen LogP contribution >= 0.6 is 9.47 Å². The first kappa shape index (κ1) is 51.9. The number of rotatable bonds is 17. The Morgan fingerprint density at radius 1 is 0.628 bits per heavy atom. The summed E-state index contributed by atoms with van der Waals surface area (Å²) < 4.78 is 15.0. The van der Waals surface area contributed by atoms with E-state index in [4.69, 9.17) is 24.6 Å². The molecule has 11 atom stereocenters. The smallest absolute Gasteiger partial charge is 0.307 e. The van der Waals surface area contributed by atoms with Crippen LogP contribution in [0.25, 0.3) is 0 Å². The summed E-state index contributed by atoms with van der Waals surface area (Å²) in [5.74, 6) is -0.704. The van der Waals surface area contributed by atoms with Gasteiger partial charge in [-0.05, 0) is 89.5 Å². The van der Waals surface area contributed by atoms with Gasteiger partial charge in [-0.25, -0.2) is 0 Å². The van der Waals surface area contributed by atoms with E-state index >= 15 is 0 Å². The van der Waals surface area contributed by atoms with Crippen LogP contribution in [-0.4, -0.2) is 114 Å². The molecule has 0 spiro atoms. The van der Waals surface area contributed by atoms with Gasteiger partial charge in [-0.15, -0.1) is 0 Å². The molecule has 0 aliphatic rings. The van der Waals surface area contributed by atoms with Gasteiger partial charge in [-0.2, -0.15) is 0 Å². The Bertz CT molecular complexity index is 640. The van der Waals surface area contributed by atoms with E-state index < -0.39 is 48.8 Å². The van der Waals surface area contributed by atoms with Crippen molar-refractivity contribution in [2.45, 2.75) is 155 Å². The zero-order chi connectivity index (χ0) is 34.0. The number of esters is 2. The van der Waals surface area contributed by atoms with Crippen molar-refractivity contribution in [2.75, 3.05) is 0 Å². The van der Waals surface area contributed by atoms with Crippen molar-refractivity contribution < 1.29 is 83.0 Å². The van der Waals surface area contributed by atoms with Crippen molar-refractivity contribution in [1.29, 1.82) is 0 Å². The molecule has 0 saturated carbocycles. The Balaban J connectivity index is -0.000000186. The Morgan fingerprint density at radius 3 is 1.23 bits per heavy atom. The monoisotopic (exact) mass is 685 g/mol. The maximum atomic E-state index is 10.9. The molecule has 0 aromatic carbocycles. The van der Waals surface area contributed by atoms with Gasteiger partial charge in [0.2, 0.25) is 0 Å². The minimum absolute atomic E-state index is 0. The van der Waals surface area contributed by atoms with E-state index in [9.17, 15) is 35.1 Å². The fourth-order valence-corrected chi connectivity index (χ4v) is 3.56. The molecule has 0 aliphatic carbocycles. The first-order valence-electron chi connectivity index (χ1n) is 13.9. The molecule has 0 amide bonds. The van der Waals surface area contributed by atoms with E-state index in [-0.39, 0.29) is 68.4 Å². The second-order valence-electron chi connectivity index (χ2n) is 10.3. The van der Waals surface area contributed by atoms with Crippen LogP contribution in [0.1, 0.15) is 93.9 Å². The molecule has 13 nitrogen and oxygen atoms in total. The van der Waals surface area contributed by atoms with Crippen molar-refractivity contribution in [1.82, 2.24) is 0 Å². The third-order valence-electron chi connectivity index (χ3n) is 5.19. The third kappa shape index (κ3) is 43.5. The number of carbonyl (C=O) groups is 2. The molecule has 15 heteroatoms. The minimum atomic E-state index is -0.704. The Kier molecular flexibility index (Phi) is 39.5. The zero-order valence-corrected chi connectivity index (χ0v) is 29.5. The number of carbonyl (C=O) groups excluding carboxylic acids is 2. The fourth-order valence-electron chi connectivity index (χ4n) is 3.56. The summed E-state index contributed by atoms with van der Waals surface area (Å²) in [6, 6.07) is 0. The van der Waals surface area contributed by atoms with Gasteiger partial charge in [0.15, 0.2) is 0 Å². The van der Waals surface area contributed by atoms with Crippen LogP contribution in [0.5, 0.6) is 0 Å². The van der Waals surface area contributed by atoms with E-state index in [1.54, 1.807) is 41.5 Å². The van der Waals surface area contributed by atoms with Gasteiger partial charge in [-0.3, -0.25) is 9.59 Å². The molecular weight excluding hydrogens is 626 g/mol. The standard InChI is InChI=1S/C15H30O6.C9H20O4.C4H6O2.H3OP.V/c1-9(16)6-14(19)8-15(7-10(2)17)21-12(4)11(3)20-13(5)18;1-6(10)3-8(12)5-9(13)4-7(2)11;1-3-6-4(2)5;1-2;/h9-12,14-17,19H,6-8H2,1-5H3;6-13H,3-5H2,1-2H3;3H,1H2,2H3;1H,2H2;. The Labute approximate surface area is 271 Å². The molecule has 0 heterocycles. The van der Waals surface area contributed by atoms with Gasteiger partial charge >= 0.3 is 11.9 Å². The molecule has 259 valence electrons. The quantitative estimate of drug-likeness (QED) is 0.0611. The summed E-state index contributed by atoms with van der Waals surface area (Å²) in [5.41, 5.74) is 0. The van der Waals surface area contributed by atoms with Crippen LogP contribution in [0.15, 0.2) is 12.8 Å². The van der Waals surface area contributed by atoms with Crippen molar-refractivity contribution in [3.05, 3.63) is 12.8 Å². The van der Waals surface area contributed by atoms with Crippen molar-refractivity contribution in [3.8, 4) is 0 Å². The van der Waals surface area contributed by atoms with Crippen LogP contribution in [-0.2, 0) is 42.4 Å². The second-order valence-corrected chi connectivity index (χ2v) is 10.3. The number of hydrogen-bond acceptors (Lipinski definition) is 13. The molecule has 0 aromatic heterocycles. The van der Waals surface area contributed by atoms with Crippen molar-refractivity contribution in [3.63, 3.8) is 0 Å². The summed E-state index contributed by atoms with van der Waals surface area (Å²) in [6.45, 7) is 15.8. The van der Waals surface area contributed by atoms with Gasteiger partial charge in [0.05, 0.1) is 61.2 Å². The molecule has 8 N–H and O–H groups in total. The normalized spacial score (nSPS) is 17.2. The van der Waals surface area contributed by atoms with Gasteiger partial charge in [0, 0.05) is 32.4 Å². The molecule has 0 saturated heterocycles. The van der Waals surface area contributed by atoms with E-state index in [2.05, 4.69) is 11.3 Å². The zero-order valence-electron chi connectivity index (χ0n) is 26.9. The summed E-state index contributed by atoms with van der Waals surface area (Å²) in [6.07, 6.45) is -2.75. The number of aliphatic hydroxyl groups is 7. The number of ether oxygens (including phenoxy) is 3. The molecule has 11 unspecified atom stereocenters. The van der Waals surface area contributed by atoms with Crippen LogP contribution in [0.4, 0.5) is 0 Å². The summed E-state index contributed by atoms with van der Waals surface area (Å²) >= 11 is 0. The van der Waals surface area contributed by atoms with Crippen LogP contribution in [0.2, 0.25) is 0 Å². The van der Waals surface area contributed by atoms with Crippen molar-refractivity contribution >= 4 is 21.4 Å². The third-order valence-corrected chi connectivity index (χ3v) is 5.19. The second kappa shape index (κ2) is 32.7. The minimum Gasteiger partial charge on any atom is -0.460 e. The van der Waals surface area contributed by atoms with Gasteiger partial charge < -0.3 is 54.8 Å². The molecule has 0 aromatic rings. The first-order chi connectivity index (χ1) is 19.3. The van der Waals surface area contributed by atoms with Gasteiger partial charge in [0.1, 0.15) is 6.10 Å². The number of aliphatic hydroxyl groups excluding tert-OH is 7. The van der Waals surface area contributed by atoms with E-state index in [0.717, 1.165) is 6.26 Å². The fraction of sp³-hybridized carbons (Fsp3) is 0.857. The van der Waals surface area contributed by atoms with Crippen LogP contribution in [0, 0.1) is 0 Å². The van der Waals surface area contributed by atoms with Gasteiger partial charge in [-0.1, -0.05) is 6.58 Å². The molecule has 43 heavy (non-hydrogen) atoms. The molecule has 0 fully saturated rings. The number of hydrogen-bond donors (Lipinski definition) is 8. The molecule has 1 radical (unpaired) electrons. The summed E-state index contributed by atoms with van der Waals surface area (Å²) in [4.78, 5) is 27.6. The van der Waals surface area contributed by atoms with Crippen molar-refractivity contribution in [2.24, 2.45) is 0 Å². The van der Waals surface area contributed by atoms with E-state index in [0.29, 0.717) is 12.8 Å². The largest absolute Gasteiger partial charge is 0.460 e. The maximum absolute atomic E-state index is 10.9. The predicted molar refractivity (Wildman–Crippen MR) is 162 cm³/mol. The average Bonchev–Trinajstić information content (AvgIpc) is 2.78. The SMILES string of the molecule is C=COC(C)=O.CC(=O)OC(C)C(C)OC(CC(C)O)CC(O)CC(C)O.CC(O)CC(O)CC(O)CC(C)O.OP.[V]. The maximum Gasteiger partial charge on any atom is 0.307 e. The molecule has 0 bridgehead atoms. The average molecular weight is 686 g/mol. The first-order valence-corrected chi connectivity index (χ1v) is 14.4. The van der Waals surface area contributed by atoms with E-state index in [1.807, 2.05) is 0 Å². The Morgan fingerprint density at radius 2 is 0.977 bits per heavy atom. The van der Waals surface area contributed by atoms with Gasteiger partial charge in [0.25, 0.3) is 0 Å². The predicted octanol–water partition coefficient (Wildman–Crippen LogP) is 1.10. The molecule has 0 aliphatic heterocycles. The van der Waals surface area contributed by atoms with E-state index in [1.165, 1.54) is 23.3 Å². The Hall–Kier alpha value is -0.666. The van der Waals surface area contributed by atoms with Crippen LogP contribution in [0.3, 0.4) is 0 Å². The topological polar surface area (TPSA) is 224 Å². The summed E-state index contributed by atoms with van der Waals surface area (Å²) in [7, 11) is 1.42. The van der Waals surface area contributed by atoms with Crippen LogP contribution < -0.4 is 0 Å². The molecule has 0 rings (SSSR count). The summed E-state index contributed by atoms with van der Waals surface area (Å²) in [5, 5.41) is 65.1.